The highest BCUT2D eigenvalue weighted by atomic mass is 16.3. The van der Waals surface area contributed by atoms with Crippen LogP contribution in [0.15, 0.2) is 16.4 Å². The van der Waals surface area contributed by atoms with E-state index in [-0.39, 0.29) is 17.5 Å². The average Bonchev–Trinajstić information content (AvgIpc) is 2.94. The minimum Gasteiger partial charge on any atom is -0.392 e. The third-order valence-electron chi connectivity index (χ3n) is 5.36. The number of nitrogens with one attached hydrogen (secondary N) is 1. The summed E-state index contributed by atoms with van der Waals surface area (Å²) in [5.41, 5.74) is 6.03. The second-order valence-electron chi connectivity index (χ2n) is 6.62. The van der Waals surface area contributed by atoms with E-state index < -0.39 is 23.2 Å². The van der Waals surface area contributed by atoms with E-state index in [4.69, 9.17) is 5.73 Å². The Balaban J connectivity index is 2.25. The summed E-state index contributed by atoms with van der Waals surface area (Å²) in [7, 11) is 0. The van der Waals surface area contributed by atoms with Crippen LogP contribution >= 0.6 is 0 Å². The number of fused-ring (bicyclic) bond motifs is 1. The van der Waals surface area contributed by atoms with Gasteiger partial charge in [0.25, 0.3) is 5.56 Å². The molecule has 0 aromatic carbocycles. The van der Waals surface area contributed by atoms with Crippen LogP contribution in [-0.4, -0.2) is 41.9 Å². The first-order valence-corrected chi connectivity index (χ1v) is 7.98. The van der Waals surface area contributed by atoms with Gasteiger partial charge in [0.15, 0.2) is 11.2 Å². The van der Waals surface area contributed by atoms with Crippen molar-refractivity contribution in [1.82, 2.24) is 19.5 Å². The second-order valence-corrected chi connectivity index (χ2v) is 6.62. The molecule has 1 aliphatic rings. The molecule has 2 aromatic heterocycles. The molecule has 0 aliphatic heterocycles. The smallest absolute Gasteiger partial charge is 0.280 e. The first-order chi connectivity index (χ1) is 11.2. The zero-order chi connectivity index (χ0) is 17.8. The number of anilines is 1. The molecule has 0 radical (unpaired) electrons. The molecule has 5 N–H and O–H groups in total. The highest BCUT2D eigenvalue weighted by Crippen LogP contribution is 2.51. The number of nitrogens with two attached hydrogens (primary N) is 1. The molecular formula is C16H23N5O3. The van der Waals surface area contributed by atoms with E-state index in [0.29, 0.717) is 17.9 Å². The lowest BCUT2D eigenvalue weighted by atomic mass is 9.77. The molecule has 2 heterocycles. The van der Waals surface area contributed by atoms with Gasteiger partial charge in [-0.2, -0.15) is 4.98 Å². The lowest BCUT2D eigenvalue weighted by Gasteiger charge is -2.33. The van der Waals surface area contributed by atoms with Crippen molar-refractivity contribution in [2.75, 3.05) is 5.73 Å². The van der Waals surface area contributed by atoms with Crippen molar-refractivity contribution in [1.29, 1.82) is 0 Å². The Morgan fingerprint density at radius 2 is 2.17 bits per heavy atom. The van der Waals surface area contributed by atoms with Gasteiger partial charge in [0.05, 0.1) is 18.2 Å². The first kappa shape index (κ1) is 16.7. The normalized spacial score (nSPS) is 30.3. The lowest BCUT2D eigenvalue weighted by molar-refractivity contribution is -0.00933. The number of allylic oxidation sites excluding steroid dienone is 1. The lowest BCUT2D eigenvalue weighted by Crippen LogP contribution is -2.38. The Hall–Kier alpha value is -2.19. The van der Waals surface area contributed by atoms with Crippen molar-refractivity contribution >= 4 is 17.1 Å². The van der Waals surface area contributed by atoms with Crippen LogP contribution in [0.1, 0.15) is 39.1 Å². The van der Waals surface area contributed by atoms with Crippen LogP contribution in [0.4, 0.5) is 5.95 Å². The molecule has 1 fully saturated rings. The summed E-state index contributed by atoms with van der Waals surface area (Å²) in [5.74, 6) is 0.632. The maximum absolute atomic E-state index is 12.1. The van der Waals surface area contributed by atoms with Crippen molar-refractivity contribution in [3.8, 4) is 0 Å². The van der Waals surface area contributed by atoms with Crippen molar-refractivity contribution in [2.45, 2.75) is 52.4 Å². The number of aromatic nitrogens is 4. The van der Waals surface area contributed by atoms with Crippen LogP contribution in [0.25, 0.3) is 11.2 Å². The van der Waals surface area contributed by atoms with Crippen molar-refractivity contribution in [2.24, 2.45) is 5.41 Å². The number of hydrogen-bond donors (Lipinski definition) is 4. The summed E-state index contributed by atoms with van der Waals surface area (Å²) < 4.78 is 1.83. The van der Waals surface area contributed by atoms with Gasteiger partial charge < -0.3 is 20.5 Å². The SMILES string of the molecule is C/C=C1/[C@@H](n2c(C)nc3c(=O)[nH]c(N)nc32)C[C@H](O)[C@@]1(C)C(C)O. The third kappa shape index (κ3) is 2.10. The predicted molar refractivity (Wildman–Crippen MR) is 90.5 cm³/mol. The van der Waals surface area contributed by atoms with Crippen molar-refractivity contribution in [3.63, 3.8) is 0 Å². The van der Waals surface area contributed by atoms with E-state index >= 15 is 0 Å². The average molecular weight is 333 g/mol. The summed E-state index contributed by atoms with van der Waals surface area (Å²) in [6.07, 6.45) is 0.877. The second kappa shape index (κ2) is 5.42. The number of aliphatic hydroxyl groups is 2. The maximum Gasteiger partial charge on any atom is 0.280 e. The molecule has 24 heavy (non-hydrogen) atoms. The van der Waals surface area contributed by atoms with Gasteiger partial charge in [-0.15, -0.1) is 0 Å². The van der Waals surface area contributed by atoms with Gasteiger partial charge in [-0.3, -0.25) is 9.78 Å². The van der Waals surface area contributed by atoms with Gasteiger partial charge in [-0.25, -0.2) is 4.98 Å². The number of nitrogens with zero attached hydrogens (tertiary/aromatic N) is 3. The van der Waals surface area contributed by atoms with Gasteiger partial charge in [0, 0.05) is 5.41 Å². The highest BCUT2D eigenvalue weighted by Gasteiger charge is 2.51. The summed E-state index contributed by atoms with van der Waals surface area (Å²) in [5, 5.41) is 20.9. The van der Waals surface area contributed by atoms with E-state index in [2.05, 4.69) is 15.0 Å². The number of aliphatic hydroxyl groups excluding tert-OH is 2. The molecule has 1 saturated carbocycles. The Bertz CT molecular complexity index is 882. The quantitative estimate of drug-likeness (QED) is 0.597. The fourth-order valence-electron chi connectivity index (χ4n) is 3.89. The number of H-pyrrole nitrogens is 1. The fourth-order valence-corrected chi connectivity index (χ4v) is 3.89. The van der Waals surface area contributed by atoms with E-state index in [1.807, 2.05) is 24.5 Å². The van der Waals surface area contributed by atoms with Crippen LogP contribution < -0.4 is 11.3 Å². The summed E-state index contributed by atoms with van der Waals surface area (Å²) in [6, 6.07) is -0.247. The Morgan fingerprint density at radius 3 is 2.75 bits per heavy atom. The van der Waals surface area contributed by atoms with Gasteiger partial charge in [-0.05, 0) is 32.8 Å². The molecule has 0 bridgehead atoms. The Morgan fingerprint density at radius 1 is 1.50 bits per heavy atom. The van der Waals surface area contributed by atoms with E-state index in [1.165, 1.54) is 0 Å². The fraction of sp³-hybridized carbons (Fsp3) is 0.562. The van der Waals surface area contributed by atoms with E-state index in [0.717, 1.165) is 5.57 Å². The number of imidazole rings is 1. The van der Waals surface area contributed by atoms with Crippen LogP contribution in [-0.2, 0) is 0 Å². The standard InChI is InChI=1S/C16H23N5O3/c1-5-9-10(6-11(23)16(9,4)7(2)22)21-8(3)18-12-13(21)19-15(17)20-14(12)24/h5,7,10-11,22-23H,6H2,1-4H3,(H3,17,19,20,24)/b9-5-/t7?,10-,11-,16-/m0/s1. The topological polar surface area (TPSA) is 130 Å². The summed E-state index contributed by atoms with van der Waals surface area (Å²) >= 11 is 0. The molecule has 2 aromatic rings. The number of nitrogen functional groups attached to an aromatic ring is 1. The zero-order valence-electron chi connectivity index (χ0n) is 14.2. The number of aromatic amines is 1. The minimum absolute atomic E-state index is 0.0208. The maximum atomic E-state index is 12.1. The zero-order valence-corrected chi connectivity index (χ0v) is 14.2. The van der Waals surface area contributed by atoms with Gasteiger partial charge >= 0.3 is 0 Å². The summed E-state index contributed by atoms with van der Waals surface area (Å²) in [6.45, 7) is 7.19. The van der Waals surface area contributed by atoms with E-state index in [1.54, 1.807) is 13.8 Å². The van der Waals surface area contributed by atoms with Crippen molar-refractivity contribution in [3.05, 3.63) is 27.8 Å². The molecule has 1 unspecified atom stereocenters. The van der Waals surface area contributed by atoms with Crippen LogP contribution in [0.3, 0.4) is 0 Å². The molecule has 0 saturated heterocycles. The number of rotatable bonds is 2. The Labute approximate surface area is 139 Å². The van der Waals surface area contributed by atoms with Crippen LogP contribution in [0, 0.1) is 12.3 Å². The number of hydrogen-bond acceptors (Lipinski definition) is 6. The largest absolute Gasteiger partial charge is 0.392 e. The van der Waals surface area contributed by atoms with Crippen molar-refractivity contribution < 1.29 is 10.2 Å². The van der Waals surface area contributed by atoms with Gasteiger partial charge in [0.2, 0.25) is 5.95 Å². The molecule has 8 heteroatoms. The predicted octanol–water partition coefficient (Wildman–Crippen LogP) is 0.649. The summed E-state index contributed by atoms with van der Waals surface area (Å²) in [4.78, 5) is 23.1. The highest BCUT2D eigenvalue weighted by molar-refractivity contribution is 5.72. The molecule has 0 spiro atoms. The molecule has 8 nitrogen and oxygen atoms in total. The van der Waals surface area contributed by atoms with E-state index in [9.17, 15) is 15.0 Å². The third-order valence-corrected chi connectivity index (χ3v) is 5.36. The molecule has 3 rings (SSSR count). The number of aryl methyl sites for hydroxylation is 1. The molecule has 130 valence electrons. The Kier molecular flexibility index (Phi) is 3.76. The van der Waals surface area contributed by atoms with Crippen LogP contribution in [0.5, 0.6) is 0 Å². The minimum atomic E-state index is -0.769. The molecular weight excluding hydrogens is 310 g/mol. The van der Waals surface area contributed by atoms with Crippen LogP contribution in [0.2, 0.25) is 0 Å². The first-order valence-electron chi connectivity index (χ1n) is 7.98. The van der Waals surface area contributed by atoms with Gasteiger partial charge in [-0.1, -0.05) is 13.0 Å². The molecule has 1 aliphatic carbocycles. The molecule has 4 atom stereocenters. The monoisotopic (exact) mass is 333 g/mol. The molecule has 0 amide bonds. The van der Waals surface area contributed by atoms with Gasteiger partial charge in [0.1, 0.15) is 5.82 Å².